The fraction of sp³-hybridized carbons (Fsp3) is 0.438. The molecule has 1 heterocycles. The van der Waals surface area contributed by atoms with Crippen molar-refractivity contribution in [3.63, 3.8) is 0 Å². The standard InChI is InChI=1S/C16H23N3O2/c1-3-20-12-6-9-17-16-18-10-11-19(16)14-7-5-8-15(13-14)21-4-2/h5,7-8,10-11,13H,3-4,6,9,12H2,1-2H3,(H,17,18). The van der Waals surface area contributed by atoms with Crippen LogP contribution in [0.4, 0.5) is 5.95 Å². The van der Waals surface area contributed by atoms with Crippen LogP contribution in [0.15, 0.2) is 36.7 Å². The molecule has 1 N–H and O–H groups in total. The van der Waals surface area contributed by atoms with Gasteiger partial charge in [0.15, 0.2) is 0 Å². The van der Waals surface area contributed by atoms with Gasteiger partial charge in [0.05, 0.1) is 12.3 Å². The molecular formula is C16H23N3O2. The van der Waals surface area contributed by atoms with Crippen LogP contribution < -0.4 is 10.1 Å². The highest BCUT2D eigenvalue weighted by atomic mass is 16.5. The van der Waals surface area contributed by atoms with Crippen molar-refractivity contribution in [1.29, 1.82) is 0 Å². The van der Waals surface area contributed by atoms with Gasteiger partial charge in [0.1, 0.15) is 5.75 Å². The largest absolute Gasteiger partial charge is 0.494 e. The van der Waals surface area contributed by atoms with Crippen molar-refractivity contribution in [2.75, 3.05) is 31.7 Å². The summed E-state index contributed by atoms with van der Waals surface area (Å²) in [6.07, 6.45) is 4.69. The van der Waals surface area contributed by atoms with Crippen LogP contribution in [0.1, 0.15) is 20.3 Å². The molecule has 5 heteroatoms. The van der Waals surface area contributed by atoms with Crippen molar-refractivity contribution in [3.8, 4) is 11.4 Å². The maximum absolute atomic E-state index is 5.54. The van der Waals surface area contributed by atoms with Crippen LogP contribution >= 0.6 is 0 Å². The highest BCUT2D eigenvalue weighted by Gasteiger charge is 2.05. The minimum absolute atomic E-state index is 0.663. The van der Waals surface area contributed by atoms with E-state index in [4.69, 9.17) is 9.47 Å². The Balaban J connectivity index is 2.00. The van der Waals surface area contributed by atoms with E-state index in [1.165, 1.54) is 0 Å². The monoisotopic (exact) mass is 289 g/mol. The lowest BCUT2D eigenvalue weighted by Gasteiger charge is -2.11. The molecule has 0 saturated heterocycles. The van der Waals surface area contributed by atoms with E-state index in [0.29, 0.717) is 6.61 Å². The summed E-state index contributed by atoms with van der Waals surface area (Å²) in [5.74, 6) is 1.70. The predicted molar refractivity (Wildman–Crippen MR) is 84.3 cm³/mol. The molecule has 0 saturated carbocycles. The van der Waals surface area contributed by atoms with Gasteiger partial charge in [0.25, 0.3) is 0 Å². The van der Waals surface area contributed by atoms with Crippen molar-refractivity contribution >= 4 is 5.95 Å². The number of ether oxygens (including phenoxy) is 2. The first-order valence-corrected chi connectivity index (χ1v) is 7.43. The van der Waals surface area contributed by atoms with E-state index in [9.17, 15) is 0 Å². The van der Waals surface area contributed by atoms with Crippen LogP contribution in [-0.4, -0.2) is 35.9 Å². The molecule has 1 aromatic carbocycles. The quantitative estimate of drug-likeness (QED) is 0.721. The van der Waals surface area contributed by atoms with E-state index >= 15 is 0 Å². The van der Waals surface area contributed by atoms with E-state index in [1.807, 2.05) is 48.9 Å². The summed E-state index contributed by atoms with van der Waals surface area (Å²) in [5, 5.41) is 3.33. The molecule has 0 bridgehead atoms. The highest BCUT2D eigenvalue weighted by Crippen LogP contribution is 2.19. The first-order chi connectivity index (χ1) is 10.3. The number of benzene rings is 1. The van der Waals surface area contributed by atoms with Crippen LogP contribution in [0.5, 0.6) is 5.75 Å². The minimum atomic E-state index is 0.663. The Hall–Kier alpha value is -2.01. The van der Waals surface area contributed by atoms with Gasteiger partial charge in [-0.1, -0.05) is 6.07 Å². The molecule has 114 valence electrons. The molecule has 21 heavy (non-hydrogen) atoms. The number of nitrogens with one attached hydrogen (secondary N) is 1. The predicted octanol–water partition coefficient (Wildman–Crippen LogP) is 3.11. The molecule has 0 amide bonds. The third-order valence-corrected chi connectivity index (χ3v) is 3.00. The Bertz CT molecular complexity index is 540. The van der Waals surface area contributed by atoms with Crippen LogP contribution in [0.25, 0.3) is 5.69 Å². The van der Waals surface area contributed by atoms with Gasteiger partial charge >= 0.3 is 0 Å². The van der Waals surface area contributed by atoms with Gasteiger partial charge in [-0.2, -0.15) is 0 Å². The number of nitrogens with zero attached hydrogens (tertiary/aromatic N) is 2. The summed E-state index contributed by atoms with van der Waals surface area (Å²) >= 11 is 0. The SMILES string of the molecule is CCOCCCNc1nccn1-c1cccc(OCC)c1. The molecule has 2 aromatic rings. The molecule has 0 aliphatic rings. The molecule has 0 radical (unpaired) electrons. The second-order valence-electron chi connectivity index (χ2n) is 4.53. The van der Waals surface area contributed by atoms with Crippen molar-refractivity contribution in [3.05, 3.63) is 36.7 Å². The number of hydrogen-bond donors (Lipinski definition) is 1. The van der Waals surface area contributed by atoms with Gasteiger partial charge in [0, 0.05) is 38.2 Å². The maximum Gasteiger partial charge on any atom is 0.207 e. The third kappa shape index (κ3) is 4.49. The van der Waals surface area contributed by atoms with Gasteiger partial charge in [0.2, 0.25) is 5.95 Å². The number of aromatic nitrogens is 2. The Kier molecular flexibility index (Phi) is 6.09. The molecule has 0 fully saturated rings. The number of anilines is 1. The normalized spacial score (nSPS) is 10.6. The first kappa shape index (κ1) is 15.4. The summed E-state index contributed by atoms with van der Waals surface area (Å²) in [5.41, 5.74) is 1.03. The maximum atomic E-state index is 5.54. The van der Waals surface area contributed by atoms with E-state index in [2.05, 4.69) is 10.3 Å². The van der Waals surface area contributed by atoms with Gasteiger partial charge in [-0.05, 0) is 32.4 Å². The van der Waals surface area contributed by atoms with Gasteiger partial charge < -0.3 is 14.8 Å². The van der Waals surface area contributed by atoms with Gasteiger partial charge in [-0.3, -0.25) is 4.57 Å². The Labute approximate surface area is 125 Å². The lowest BCUT2D eigenvalue weighted by atomic mass is 10.3. The molecule has 0 spiro atoms. The first-order valence-electron chi connectivity index (χ1n) is 7.43. The molecule has 0 atom stereocenters. The fourth-order valence-electron chi connectivity index (χ4n) is 2.05. The zero-order chi connectivity index (χ0) is 14.9. The smallest absolute Gasteiger partial charge is 0.207 e. The van der Waals surface area contributed by atoms with Crippen molar-refractivity contribution in [2.24, 2.45) is 0 Å². The molecule has 5 nitrogen and oxygen atoms in total. The van der Waals surface area contributed by atoms with Crippen LogP contribution in [0.3, 0.4) is 0 Å². The molecular weight excluding hydrogens is 266 g/mol. The Morgan fingerprint density at radius 2 is 2.14 bits per heavy atom. The zero-order valence-corrected chi connectivity index (χ0v) is 12.7. The van der Waals surface area contributed by atoms with Gasteiger partial charge in [-0.15, -0.1) is 0 Å². The lowest BCUT2D eigenvalue weighted by molar-refractivity contribution is 0.147. The Morgan fingerprint density at radius 1 is 1.24 bits per heavy atom. The topological polar surface area (TPSA) is 48.3 Å². The summed E-state index contributed by atoms with van der Waals surface area (Å²) in [4.78, 5) is 4.36. The van der Waals surface area contributed by atoms with Crippen LogP contribution in [-0.2, 0) is 4.74 Å². The van der Waals surface area contributed by atoms with Gasteiger partial charge in [-0.25, -0.2) is 4.98 Å². The molecule has 0 aliphatic heterocycles. The summed E-state index contributed by atoms with van der Waals surface area (Å²) in [6, 6.07) is 7.99. The fourth-order valence-corrected chi connectivity index (χ4v) is 2.05. The molecule has 0 aliphatic carbocycles. The van der Waals surface area contributed by atoms with Crippen LogP contribution in [0, 0.1) is 0 Å². The number of rotatable bonds is 9. The van der Waals surface area contributed by atoms with Crippen molar-refractivity contribution in [1.82, 2.24) is 9.55 Å². The number of imidazole rings is 1. The zero-order valence-electron chi connectivity index (χ0n) is 12.7. The second kappa shape index (κ2) is 8.32. The van der Waals surface area contributed by atoms with E-state index < -0.39 is 0 Å². The summed E-state index contributed by atoms with van der Waals surface area (Å²) < 4.78 is 12.9. The Morgan fingerprint density at radius 3 is 2.95 bits per heavy atom. The minimum Gasteiger partial charge on any atom is -0.494 e. The average molecular weight is 289 g/mol. The molecule has 0 unspecified atom stereocenters. The average Bonchev–Trinajstić information content (AvgIpc) is 2.96. The van der Waals surface area contributed by atoms with E-state index in [1.54, 1.807) is 6.20 Å². The van der Waals surface area contributed by atoms with E-state index in [0.717, 1.165) is 43.6 Å². The second-order valence-corrected chi connectivity index (χ2v) is 4.53. The van der Waals surface area contributed by atoms with Crippen LogP contribution in [0.2, 0.25) is 0 Å². The summed E-state index contributed by atoms with van der Waals surface area (Å²) in [7, 11) is 0. The third-order valence-electron chi connectivity index (χ3n) is 3.00. The van der Waals surface area contributed by atoms with Crippen molar-refractivity contribution < 1.29 is 9.47 Å². The van der Waals surface area contributed by atoms with Crippen molar-refractivity contribution in [2.45, 2.75) is 20.3 Å². The molecule has 1 aromatic heterocycles. The van der Waals surface area contributed by atoms with E-state index in [-0.39, 0.29) is 0 Å². The summed E-state index contributed by atoms with van der Waals surface area (Å²) in [6.45, 7) is 7.02. The lowest BCUT2D eigenvalue weighted by Crippen LogP contribution is -2.10. The molecule has 2 rings (SSSR count). The number of hydrogen-bond acceptors (Lipinski definition) is 4. The highest BCUT2D eigenvalue weighted by molar-refractivity contribution is 5.45.